The van der Waals surface area contributed by atoms with Crippen LogP contribution in [0.1, 0.15) is 35.9 Å². The van der Waals surface area contributed by atoms with Gasteiger partial charge in [0.1, 0.15) is 11.5 Å². The van der Waals surface area contributed by atoms with Gasteiger partial charge in [0.15, 0.2) is 0 Å². The lowest BCUT2D eigenvalue weighted by molar-refractivity contribution is -0.119. The van der Waals surface area contributed by atoms with Crippen molar-refractivity contribution >= 4 is 5.91 Å². The number of amides is 1. The Hall–Kier alpha value is -2.34. The summed E-state index contributed by atoms with van der Waals surface area (Å²) in [5, 5.41) is 2.99. The fourth-order valence-corrected chi connectivity index (χ4v) is 3.52. The summed E-state index contributed by atoms with van der Waals surface area (Å²) in [4.78, 5) is 18.3. The number of carbonyl (C=O) groups excluding carboxylic acids is 1. The van der Waals surface area contributed by atoms with Crippen LogP contribution in [0.15, 0.2) is 16.5 Å². The molecule has 3 rings (SSSR count). The Morgan fingerprint density at radius 1 is 1.35 bits per heavy atom. The molecule has 0 spiro atoms. The fourth-order valence-electron chi connectivity index (χ4n) is 3.52. The Balaban J connectivity index is 1.76. The van der Waals surface area contributed by atoms with Crippen LogP contribution in [-0.4, -0.2) is 42.0 Å². The smallest absolute Gasteiger partial charge is 0.226 e. The molecule has 2 aromatic rings. The molecule has 1 aromatic heterocycles. The Kier molecular flexibility index (Phi) is 5.32. The standard InChI is InChI=1S/C20H27N3O3/c1-12-9-19(25-5)13(2)8-17(12)20-22-18(14(3)26-20)11-23-7-6-16(10-23)21-15(4)24/h8-9,16H,6-7,10-11H2,1-5H3,(H,21,24)/t16-/m1/s1. The molecule has 1 amide bonds. The molecule has 1 saturated heterocycles. The van der Waals surface area contributed by atoms with Gasteiger partial charge in [0, 0.05) is 38.2 Å². The molecule has 1 aliphatic heterocycles. The number of ether oxygens (including phenoxy) is 1. The molecule has 1 atom stereocenters. The summed E-state index contributed by atoms with van der Waals surface area (Å²) in [6, 6.07) is 4.31. The predicted molar refractivity (Wildman–Crippen MR) is 100 cm³/mol. The van der Waals surface area contributed by atoms with Crippen LogP contribution in [0.3, 0.4) is 0 Å². The number of nitrogens with one attached hydrogen (secondary N) is 1. The number of nitrogens with zero attached hydrogens (tertiary/aromatic N) is 2. The zero-order valence-corrected chi connectivity index (χ0v) is 16.2. The normalized spacial score (nSPS) is 17.5. The van der Waals surface area contributed by atoms with Gasteiger partial charge >= 0.3 is 0 Å². The Morgan fingerprint density at radius 2 is 2.12 bits per heavy atom. The highest BCUT2D eigenvalue weighted by molar-refractivity contribution is 5.73. The quantitative estimate of drug-likeness (QED) is 0.891. The number of likely N-dealkylation sites (tertiary alicyclic amines) is 1. The van der Waals surface area contributed by atoms with Gasteiger partial charge in [0.25, 0.3) is 0 Å². The van der Waals surface area contributed by atoms with E-state index in [1.165, 1.54) is 0 Å². The summed E-state index contributed by atoms with van der Waals surface area (Å²) in [6.45, 7) is 10.1. The first kappa shape index (κ1) is 18.5. The van der Waals surface area contributed by atoms with E-state index in [9.17, 15) is 4.79 Å². The van der Waals surface area contributed by atoms with E-state index in [0.29, 0.717) is 5.89 Å². The lowest BCUT2D eigenvalue weighted by Crippen LogP contribution is -2.35. The SMILES string of the molecule is COc1cc(C)c(-c2nc(CN3CC[C@@H](NC(C)=O)C3)c(C)o2)cc1C. The number of carbonyl (C=O) groups is 1. The van der Waals surface area contributed by atoms with E-state index in [4.69, 9.17) is 14.1 Å². The van der Waals surface area contributed by atoms with Crippen LogP contribution in [0.25, 0.3) is 11.5 Å². The summed E-state index contributed by atoms with van der Waals surface area (Å²) in [5.41, 5.74) is 4.09. The van der Waals surface area contributed by atoms with Crippen molar-refractivity contribution in [3.8, 4) is 17.2 Å². The zero-order chi connectivity index (χ0) is 18.8. The van der Waals surface area contributed by atoms with Crippen molar-refractivity contribution in [2.75, 3.05) is 20.2 Å². The van der Waals surface area contributed by atoms with Crippen LogP contribution in [0.2, 0.25) is 0 Å². The van der Waals surface area contributed by atoms with Crippen molar-refractivity contribution in [2.24, 2.45) is 0 Å². The maximum atomic E-state index is 11.2. The van der Waals surface area contributed by atoms with Crippen molar-refractivity contribution in [2.45, 2.75) is 46.7 Å². The molecule has 1 aliphatic rings. The number of aryl methyl sites for hydroxylation is 3. The molecule has 0 radical (unpaired) electrons. The summed E-state index contributed by atoms with van der Waals surface area (Å²) in [6.07, 6.45) is 0.972. The van der Waals surface area contributed by atoms with Gasteiger partial charge in [0.05, 0.1) is 12.8 Å². The third kappa shape index (κ3) is 3.90. The van der Waals surface area contributed by atoms with Crippen molar-refractivity contribution in [1.82, 2.24) is 15.2 Å². The van der Waals surface area contributed by atoms with Gasteiger partial charge in [-0.2, -0.15) is 0 Å². The minimum Gasteiger partial charge on any atom is -0.496 e. The van der Waals surface area contributed by atoms with Crippen LogP contribution >= 0.6 is 0 Å². The number of hydrogen-bond donors (Lipinski definition) is 1. The molecule has 0 unspecified atom stereocenters. The molecule has 0 saturated carbocycles. The molecule has 0 aliphatic carbocycles. The second-order valence-electron chi connectivity index (χ2n) is 7.08. The van der Waals surface area contributed by atoms with Crippen LogP contribution in [0, 0.1) is 20.8 Å². The highest BCUT2D eigenvalue weighted by Gasteiger charge is 2.25. The fraction of sp³-hybridized carbons (Fsp3) is 0.500. The van der Waals surface area contributed by atoms with Gasteiger partial charge in [0.2, 0.25) is 11.8 Å². The third-order valence-corrected chi connectivity index (χ3v) is 4.92. The number of hydrogen-bond acceptors (Lipinski definition) is 5. The Bertz CT molecular complexity index is 813. The van der Waals surface area contributed by atoms with Gasteiger partial charge in [-0.15, -0.1) is 0 Å². The third-order valence-electron chi connectivity index (χ3n) is 4.92. The lowest BCUT2D eigenvalue weighted by Gasteiger charge is -2.15. The zero-order valence-electron chi connectivity index (χ0n) is 16.2. The molecule has 6 heteroatoms. The van der Waals surface area contributed by atoms with E-state index >= 15 is 0 Å². The molecular weight excluding hydrogens is 330 g/mol. The van der Waals surface area contributed by atoms with E-state index in [1.54, 1.807) is 14.0 Å². The van der Waals surface area contributed by atoms with Gasteiger partial charge in [-0.25, -0.2) is 4.98 Å². The first-order chi connectivity index (χ1) is 12.4. The number of rotatable bonds is 5. The van der Waals surface area contributed by atoms with Gasteiger partial charge < -0.3 is 14.5 Å². The first-order valence-corrected chi connectivity index (χ1v) is 8.98. The van der Waals surface area contributed by atoms with Crippen molar-refractivity contribution in [3.05, 3.63) is 34.7 Å². The van der Waals surface area contributed by atoms with Crippen molar-refractivity contribution < 1.29 is 13.9 Å². The molecule has 140 valence electrons. The largest absolute Gasteiger partial charge is 0.496 e. The summed E-state index contributed by atoms with van der Waals surface area (Å²) in [5.74, 6) is 2.40. The maximum Gasteiger partial charge on any atom is 0.226 e. The number of methoxy groups -OCH3 is 1. The highest BCUT2D eigenvalue weighted by Crippen LogP contribution is 2.31. The van der Waals surface area contributed by atoms with Crippen LogP contribution in [0.5, 0.6) is 5.75 Å². The number of oxazole rings is 1. The average molecular weight is 357 g/mol. The van der Waals surface area contributed by atoms with Crippen LogP contribution in [-0.2, 0) is 11.3 Å². The summed E-state index contributed by atoms with van der Waals surface area (Å²) in [7, 11) is 1.68. The molecule has 2 heterocycles. The lowest BCUT2D eigenvalue weighted by atomic mass is 10.0. The van der Waals surface area contributed by atoms with Gasteiger partial charge in [-0.1, -0.05) is 0 Å². The minimum absolute atomic E-state index is 0.0297. The monoisotopic (exact) mass is 357 g/mol. The van der Waals surface area contributed by atoms with E-state index in [1.807, 2.05) is 26.8 Å². The van der Waals surface area contributed by atoms with Gasteiger partial charge in [-0.3, -0.25) is 9.69 Å². The van der Waals surface area contributed by atoms with E-state index in [-0.39, 0.29) is 11.9 Å². The number of benzene rings is 1. The second-order valence-corrected chi connectivity index (χ2v) is 7.08. The highest BCUT2D eigenvalue weighted by atomic mass is 16.5. The molecular formula is C20H27N3O3. The van der Waals surface area contributed by atoms with E-state index in [2.05, 4.69) is 16.3 Å². The summed E-state index contributed by atoms with van der Waals surface area (Å²) >= 11 is 0. The maximum absolute atomic E-state index is 11.2. The minimum atomic E-state index is 0.0297. The molecule has 1 aromatic carbocycles. The Labute approximate surface area is 154 Å². The predicted octanol–water partition coefficient (Wildman–Crippen LogP) is 2.99. The molecule has 0 bridgehead atoms. The van der Waals surface area contributed by atoms with E-state index in [0.717, 1.165) is 59.9 Å². The second kappa shape index (κ2) is 7.50. The average Bonchev–Trinajstić information content (AvgIpc) is 3.16. The van der Waals surface area contributed by atoms with Crippen LogP contribution < -0.4 is 10.1 Å². The van der Waals surface area contributed by atoms with Gasteiger partial charge in [-0.05, 0) is 50.5 Å². The van der Waals surface area contributed by atoms with Crippen LogP contribution in [0.4, 0.5) is 0 Å². The first-order valence-electron chi connectivity index (χ1n) is 8.98. The topological polar surface area (TPSA) is 67.6 Å². The van der Waals surface area contributed by atoms with Crippen molar-refractivity contribution in [1.29, 1.82) is 0 Å². The molecule has 26 heavy (non-hydrogen) atoms. The van der Waals surface area contributed by atoms with Crippen molar-refractivity contribution in [3.63, 3.8) is 0 Å². The Morgan fingerprint density at radius 3 is 2.81 bits per heavy atom. The summed E-state index contributed by atoms with van der Waals surface area (Å²) < 4.78 is 11.3. The van der Waals surface area contributed by atoms with E-state index < -0.39 is 0 Å². The molecule has 1 N–H and O–H groups in total. The number of aromatic nitrogens is 1. The molecule has 1 fully saturated rings. The molecule has 6 nitrogen and oxygen atoms in total.